The van der Waals surface area contributed by atoms with Gasteiger partial charge >= 0.3 is 0 Å². The highest BCUT2D eigenvalue weighted by atomic mass is 16.2. The van der Waals surface area contributed by atoms with Gasteiger partial charge < -0.3 is 19.8 Å². The average molecular weight is 402 g/mol. The van der Waals surface area contributed by atoms with E-state index in [1.165, 1.54) is 5.69 Å². The fraction of sp³-hybridized carbons (Fsp3) is 0.250. The van der Waals surface area contributed by atoms with Gasteiger partial charge in [-0.15, -0.1) is 0 Å². The number of fused-ring (bicyclic) bond motifs is 3. The molecule has 4 rings (SSSR count). The maximum absolute atomic E-state index is 12.8. The first-order valence-electron chi connectivity index (χ1n) is 10.3. The molecule has 2 heterocycles. The zero-order valence-corrected chi connectivity index (χ0v) is 17.3. The van der Waals surface area contributed by atoms with Crippen molar-refractivity contribution in [2.75, 3.05) is 24.5 Å². The largest absolute Gasteiger partial charge is 0.372 e. The Kier molecular flexibility index (Phi) is 5.57. The van der Waals surface area contributed by atoms with Gasteiger partial charge in [0.05, 0.1) is 16.4 Å². The number of carbonyl (C=O) groups is 1. The Bertz CT molecular complexity index is 1240. The molecular weight excluding hydrogens is 376 g/mol. The Morgan fingerprint density at radius 2 is 1.80 bits per heavy atom. The predicted molar refractivity (Wildman–Crippen MR) is 122 cm³/mol. The van der Waals surface area contributed by atoms with Crippen molar-refractivity contribution in [3.05, 3.63) is 76.7 Å². The van der Waals surface area contributed by atoms with Crippen LogP contribution in [-0.2, 0) is 7.05 Å². The van der Waals surface area contributed by atoms with E-state index in [1.54, 1.807) is 6.07 Å². The summed E-state index contributed by atoms with van der Waals surface area (Å²) in [6, 6.07) is 19.6. The standard InChI is InChI=1S/C24H26N4O2/c1-3-28(17-10-5-4-6-11-17)15-9-14-25-24(30)21-16-19-22(27(21)2)18-12-7-8-13-20(18)26-23(19)29/h4-8,10-13,16H,3,9,14-15H2,1-2H3,(H,25,30)(H,26,29). The number of para-hydroxylation sites is 2. The van der Waals surface area contributed by atoms with Crippen molar-refractivity contribution < 1.29 is 4.79 Å². The first-order chi connectivity index (χ1) is 14.6. The number of benzene rings is 2. The van der Waals surface area contributed by atoms with E-state index in [1.807, 2.05) is 54.1 Å². The summed E-state index contributed by atoms with van der Waals surface area (Å²) in [7, 11) is 1.83. The predicted octanol–water partition coefficient (Wildman–Crippen LogP) is 3.67. The van der Waals surface area contributed by atoms with Crippen LogP contribution in [0.5, 0.6) is 0 Å². The molecule has 0 fully saturated rings. The van der Waals surface area contributed by atoms with E-state index in [0.717, 1.165) is 35.9 Å². The third-order valence-corrected chi connectivity index (χ3v) is 5.53. The van der Waals surface area contributed by atoms with Crippen molar-refractivity contribution in [1.29, 1.82) is 0 Å². The zero-order valence-electron chi connectivity index (χ0n) is 17.3. The monoisotopic (exact) mass is 402 g/mol. The van der Waals surface area contributed by atoms with Crippen molar-refractivity contribution in [1.82, 2.24) is 14.9 Å². The second-order valence-electron chi connectivity index (χ2n) is 7.38. The maximum Gasteiger partial charge on any atom is 0.267 e. The number of aromatic nitrogens is 2. The third-order valence-electron chi connectivity index (χ3n) is 5.53. The molecular formula is C24H26N4O2. The number of carbonyl (C=O) groups excluding carboxylic acids is 1. The summed E-state index contributed by atoms with van der Waals surface area (Å²) in [5.41, 5.74) is 3.04. The van der Waals surface area contributed by atoms with Crippen molar-refractivity contribution in [3.63, 3.8) is 0 Å². The summed E-state index contributed by atoms with van der Waals surface area (Å²) >= 11 is 0. The van der Waals surface area contributed by atoms with Gasteiger partial charge in [0, 0.05) is 37.8 Å². The van der Waals surface area contributed by atoms with Crippen LogP contribution in [0.15, 0.2) is 65.5 Å². The summed E-state index contributed by atoms with van der Waals surface area (Å²) in [6.07, 6.45) is 0.835. The summed E-state index contributed by atoms with van der Waals surface area (Å²) in [5.74, 6) is -0.167. The second kappa shape index (κ2) is 8.45. The molecule has 2 N–H and O–H groups in total. The molecule has 0 atom stereocenters. The highest BCUT2D eigenvalue weighted by Gasteiger charge is 2.17. The Labute approximate surface area is 175 Å². The minimum absolute atomic E-state index is 0.167. The summed E-state index contributed by atoms with van der Waals surface area (Å²) in [6.45, 7) is 4.47. The van der Waals surface area contributed by atoms with Crippen molar-refractivity contribution in [3.8, 4) is 0 Å². The molecule has 0 aliphatic heterocycles. The number of rotatable bonds is 7. The molecule has 4 aromatic rings. The minimum Gasteiger partial charge on any atom is -0.372 e. The van der Waals surface area contributed by atoms with Gasteiger partial charge in [-0.3, -0.25) is 9.59 Å². The lowest BCUT2D eigenvalue weighted by molar-refractivity contribution is 0.0945. The number of nitrogens with one attached hydrogen (secondary N) is 2. The number of amides is 1. The van der Waals surface area contributed by atoms with Crippen molar-refractivity contribution >= 4 is 33.4 Å². The maximum atomic E-state index is 12.8. The average Bonchev–Trinajstić information content (AvgIpc) is 3.13. The smallest absolute Gasteiger partial charge is 0.267 e. The Hall–Kier alpha value is -3.54. The molecule has 0 radical (unpaired) electrons. The number of hydrogen-bond donors (Lipinski definition) is 2. The lowest BCUT2D eigenvalue weighted by atomic mass is 10.1. The van der Waals surface area contributed by atoms with Gasteiger partial charge in [0.2, 0.25) is 0 Å². The van der Waals surface area contributed by atoms with Gasteiger partial charge in [0.25, 0.3) is 11.5 Å². The molecule has 0 aliphatic carbocycles. The van der Waals surface area contributed by atoms with Crippen LogP contribution < -0.4 is 15.8 Å². The van der Waals surface area contributed by atoms with E-state index in [0.29, 0.717) is 17.6 Å². The highest BCUT2D eigenvalue weighted by molar-refractivity contribution is 6.07. The fourth-order valence-electron chi connectivity index (χ4n) is 3.98. The molecule has 0 saturated heterocycles. The number of hydrogen-bond acceptors (Lipinski definition) is 3. The molecule has 1 amide bonds. The van der Waals surface area contributed by atoms with Crippen LogP contribution in [-0.4, -0.2) is 35.1 Å². The van der Waals surface area contributed by atoms with Crippen LogP contribution in [0, 0.1) is 0 Å². The fourth-order valence-corrected chi connectivity index (χ4v) is 3.98. The van der Waals surface area contributed by atoms with Crippen LogP contribution in [0.4, 0.5) is 5.69 Å². The molecule has 0 unspecified atom stereocenters. The number of anilines is 1. The normalized spacial score (nSPS) is 11.1. The number of pyridine rings is 1. The molecule has 0 spiro atoms. The van der Waals surface area contributed by atoms with Gasteiger partial charge in [-0.25, -0.2) is 0 Å². The first-order valence-corrected chi connectivity index (χ1v) is 10.3. The van der Waals surface area contributed by atoms with Crippen LogP contribution in [0.3, 0.4) is 0 Å². The van der Waals surface area contributed by atoms with Gasteiger partial charge in [0.15, 0.2) is 0 Å². The van der Waals surface area contributed by atoms with Crippen LogP contribution in [0.2, 0.25) is 0 Å². The second-order valence-corrected chi connectivity index (χ2v) is 7.38. The molecule has 154 valence electrons. The molecule has 30 heavy (non-hydrogen) atoms. The van der Waals surface area contributed by atoms with Gasteiger partial charge in [-0.1, -0.05) is 36.4 Å². The Balaban J connectivity index is 1.47. The molecule has 6 heteroatoms. The molecule has 2 aromatic heterocycles. The van der Waals surface area contributed by atoms with E-state index >= 15 is 0 Å². The lowest BCUT2D eigenvalue weighted by Crippen LogP contribution is -2.30. The zero-order chi connectivity index (χ0) is 21.1. The molecule has 0 saturated carbocycles. The Morgan fingerprint density at radius 3 is 2.57 bits per heavy atom. The van der Waals surface area contributed by atoms with Crippen molar-refractivity contribution in [2.45, 2.75) is 13.3 Å². The quantitative estimate of drug-likeness (QED) is 0.464. The summed E-state index contributed by atoms with van der Waals surface area (Å²) in [5, 5.41) is 4.46. The summed E-state index contributed by atoms with van der Waals surface area (Å²) in [4.78, 5) is 30.5. The van der Waals surface area contributed by atoms with E-state index in [2.05, 4.69) is 34.3 Å². The number of aromatic amines is 1. The van der Waals surface area contributed by atoms with E-state index in [-0.39, 0.29) is 11.5 Å². The third kappa shape index (κ3) is 3.68. The SMILES string of the molecule is CCN(CCCNC(=O)c1cc2c(=O)[nH]c3ccccc3c2n1C)c1ccccc1. The topological polar surface area (TPSA) is 70.1 Å². The number of H-pyrrole nitrogens is 1. The molecule has 2 aromatic carbocycles. The molecule has 6 nitrogen and oxygen atoms in total. The number of nitrogens with zero attached hydrogens (tertiary/aromatic N) is 2. The van der Waals surface area contributed by atoms with Gasteiger partial charge in [0.1, 0.15) is 5.69 Å². The molecule has 0 bridgehead atoms. The van der Waals surface area contributed by atoms with Crippen LogP contribution in [0.1, 0.15) is 23.8 Å². The lowest BCUT2D eigenvalue weighted by Gasteiger charge is -2.23. The molecule has 0 aliphatic rings. The van der Waals surface area contributed by atoms with Gasteiger partial charge in [-0.2, -0.15) is 0 Å². The van der Waals surface area contributed by atoms with Crippen molar-refractivity contribution in [2.24, 2.45) is 7.05 Å². The highest BCUT2D eigenvalue weighted by Crippen LogP contribution is 2.23. The summed E-state index contributed by atoms with van der Waals surface area (Å²) < 4.78 is 1.81. The van der Waals surface area contributed by atoms with Crippen LogP contribution in [0.25, 0.3) is 21.8 Å². The van der Waals surface area contributed by atoms with E-state index in [4.69, 9.17) is 0 Å². The first kappa shape index (κ1) is 19.8. The van der Waals surface area contributed by atoms with Gasteiger partial charge in [-0.05, 0) is 37.6 Å². The Morgan fingerprint density at radius 1 is 1.07 bits per heavy atom. The number of aryl methyl sites for hydroxylation is 1. The van der Waals surface area contributed by atoms with Crippen LogP contribution >= 0.6 is 0 Å². The minimum atomic E-state index is -0.181. The van der Waals surface area contributed by atoms with E-state index < -0.39 is 0 Å². The van der Waals surface area contributed by atoms with E-state index in [9.17, 15) is 9.59 Å².